The zero-order chi connectivity index (χ0) is 30.8. The van der Waals surface area contributed by atoms with Gasteiger partial charge in [0.05, 0.1) is 33.8 Å². The van der Waals surface area contributed by atoms with Gasteiger partial charge in [-0.1, -0.05) is 25.6 Å². The first-order valence-electron chi connectivity index (χ1n) is 14.2. The van der Waals surface area contributed by atoms with E-state index in [1.807, 2.05) is 60.8 Å². The molecule has 5 atom stereocenters. The molecule has 1 aliphatic carbocycles. The SMILES string of the molecule is CC.CCNC(=O)C(OC(C)=O)C1C[C@@H](Nc2nc(SC)nc(C)c2-c2nc3c(C)nccc3s2)[C@@H]2OC(C)(C)O[C@H]12. The van der Waals surface area contributed by atoms with Crippen molar-refractivity contribution in [2.24, 2.45) is 5.92 Å². The van der Waals surface area contributed by atoms with E-state index in [2.05, 4.69) is 15.6 Å². The zero-order valence-corrected chi connectivity index (χ0v) is 27.2. The molecule has 2 aliphatic rings. The maximum atomic E-state index is 13.0. The van der Waals surface area contributed by atoms with Crippen LogP contribution in [0.4, 0.5) is 5.82 Å². The molecule has 228 valence electrons. The zero-order valence-electron chi connectivity index (χ0n) is 25.6. The third kappa shape index (κ3) is 6.53. The van der Waals surface area contributed by atoms with Crippen molar-refractivity contribution in [2.75, 3.05) is 18.1 Å². The van der Waals surface area contributed by atoms with Gasteiger partial charge in [0.15, 0.2) is 17.0 Å². The Bertz CT molecular complexity index is 1450. The Morgan fingerprint density at radius 3 is 2.52 bits per heavy atom. The summed E-state index contributed by atoms with van der Waals surface area (Å²) in [4.78, 5) is 43.9. The maximum Gasteiger partial charge on any atom is 0.303 e. The number of carbonyl (C=O) groups excluding carboxylic acids is 2. The molecule has 2 fully saturated rings. The van der Waals surface area contributed by atoms with Crippen LogP contribution in [0, 0.1) is 19.8 Å². The average Bonchev–Trinajstić information content (AvgIpc) is 3.60. The lowest BCUT2D eigenvalue weighted by Gasteiger charge is -2.28. The number of hydrogen-bond donors (Lipinski definition) is 2. The number of thiazole rings is 1. The highest BCUT2D eigenvalue weighted by atomic mass is 32.2. The van der Waals surface area contributed by atoms with E-state index in [0.717, 1.165) is 32.2 Å². The second-order valence-corrected chi connectivity index (χ2v) is 12.2. The molecule has 42 heavy (non-hydrogen) atoms. The summed E-state index contributed by atoms with van der Waals surface area (Å²) in [6.45, 7) is 15.1. The minimum atomic E-state index is -1.01. The normalized spacial score (nSPS) is 23.1. The van der Waals surface area contributed by atoms with Crippen LogP contribution in [0.5, 0.6) is 0 Å². The number of ether oxygens (including phenoxy) is 3. The third-order valence-corrected chi connectivity index (χ3v) is 8.66. The highest BCUT2D eigenvalue weighted by Gasteiger charge is 2.58. The van der Waals surface area contributed by atoms with Gasteiger partial charge in [0.1, 0.15) is 22.4 Å². The third-order valence-electron chi connectivity index (χ3n) is 7.08. The van der Waals surface area contributed by atoms with Gasteiger partial charge in [-0.05, 0) is 53.4 Å². The van der Waals surface area contributed by atoms with Crippen molar-refractivity contribution in [3.8, 4) is 10.6 Å². The van der Waals surface area contributed by atoms with Gasteiger partial charge in [-0.25, -0.2) is 15.0 Å². The summed E-state index contributed by atoms with van der Waals surface area (Å²) in [7, 11) is 0. The van der Waals surface area contributed by atoms with Crippen LogP contribution in [0.1, 0.15) is 59.4 Å². The summed E-state index contributed by atoms with van der Waals surface area (Å²) < 4.78 is 19.2. The molecule has 0 aromatic carbocycles. The predicted octanol–water partition coefficient (Wildman–Crippen LogP) is 4.90. The summed E-state index contributed by atoms with van der Waals surface area (Å²) in [5.41, 5.74) is 3.30. The Morgan fingerprint density at radius 2 is 1.88 bits per heavy atom. The lowest BCUT2D eigenvalue weighted by Crippen LogP contribution is -2.45. The molecule has 0 bridgehead atoms. The first-order valence-corrected chi connectivity index (χ1v) is 16.3. The van der Waals surface area contributed by atoms with E-state index in [-0.39, 0.29) is 11.9 Å². The molecule has 3 aromatic rings. The van der Waals surface area contributed by atoms with Crippen molar-refractivity contribution < 1.29 is 23.8 Å². The molecule has 3 aromatic heterocycles. The Labute approximate surface area is 255 Å². The summed E-state index contributed by atoms with van der Waals surface area (Å²) >= 11 is 3.01. The number of likely N-dealkylation sites (N-methyl/N-ethyl adjacent to an activating group) is 1. The van der Waals surface area contributed by atoms with Crippen molar-refractivity contribution in [1.82, 2.24) is 25.3 Å². The van der Waals surface area contributed by atoms with E-state index in [4.69, 9.17) is 29.2 Å². The van der Waals surface area contributed by atoms with Crippen molar-refractivity contribution >= 4 is 51.0 Å². The largest absolute Gasteiger partial charge is 0.452 e. The van der Waals surface area contributed by atoms with Gasteiger partial charge < -0.3 is 24.8 Å². The fourth-order valence-corrected chi connectivity index (χ4v) is 7.03. The van der Waals surface area contributed by atoms with Gasteiger partial charge in [0.25, 0.3) is 5.91 Å². The number of amides is 1. The lowest BCUT2D eigenvalue weighted by atomic mass is 9.97. The second-order valence-electron chi connectivity index (χ2n) is 10.4. The topological polar surface area (TPSA) is 137 Å². The summed E-state index contributed by atoms with van der Waals surface area (Å²) in [5, 5.41) is 7.81. The first-order chi connectivity index (χ1) is 20.0. The highest BCUT2D eigenvalue weighted by Crippen LogP contribution is 2.46. The molecule has 11 nitrogen and oxygen atoms in total. The van der Waals surface area contributed by atoms with Crippen LogP contribution < -0.4 is 10.6 Å². The van der Waals surface area contributed by atoms with E-state index < -0.39 is 36.0 Å². The number of aryl methyl sites for hydroxylation is 2. The molecule has 5 rings (SSSR count). The number of esters is 1. The standard InChI is InChI=1S/C27H34N6O5S2.C2H6/c1-8-28-24(35)21(36-14(4)34)15-11-16(22-20(15)37-27(5,6)38-22)31-23-18(12(2)30-26(33-23)39-7)25-32-19-13(3)29-10-9-17(19)40-25;1-2/h9-10,15-16,20-22H,8,11H2,1-7H3,(H,28,35)(H,30,31,33);1-2H3/t15?,16-,20-,21?,22+;/m1./s1. The molecule has 4 heterocycles. The van der Waals surface area contributed by atoms with Gasteiger partial charge >= 0.3 is 5.97 Å². The number of pyridine rings is 1. The fourth-order valence-electron chi connectivity index (χ4n) is 5.51. The molecular formula is C29H40N6O5S2. The fraction of sp³-hybridized carbons (Fsp3) is 0.586. The highest BCUT2D eigenvalue weighted by molar-refractivity contribution is 7.98. The number of rotatable bonds is 8. The molecular weight excluding hydrogens is 576 g/mol. The van der Waals surface area contributed by atoms with E-state index in [1.54, 1.807) is 17.5 Å². The average molecular weight is 617 g/mol. The van der Waals surface area contributed by atoms with Gasteiger partial charge in [0, 0.05) is 25.6 Å². The van der Waals surface area contributed by atoms with Gasteiger partial charge in [0.2, 0.25) is 0 Å². The molecule has 1 amide bonds. The van der Waals surface area contributed by atoms with Crippen LogP contribution >= 0.6 is 23.1 Å². The molecule has 1 saturated heterocycles. The van der Waals surface area contributed by atoms with Crippen LogP contribution in [-0.4, -0.2) is 74.8 Å². The van der Waals surface area contributed by atoms with Gasteiger partial charge in [-0.3, -0.25) is 14.6 Å². The van der Waals surface area contributed by atoms with Gasteiger partial charge in [-0.2, -0.15) is 0 Å². The van der Waals surface area contributed by atoms with Crippen LogP contribution in [0.3, 0.4) is 0 Å². The number of thioether (sulfide) groups is 1. The summed E-state index contributed by atoms with van der Waals surface area (Å²) in [6.07, 6.45) is 2.28. The Morgan fingerprint density at radius 1 is 1.17 bits per heavy atom. The number of aromatic nitrogens is 4. The Kier molecular flexibility index (Phi) is 10.1. The molecule has 13 heteroatoms. The molecule has 1 aliphatic heterocycles. The number of fused-ring (bicyclic) bond motifs is 2. The van der Waals surface area contributed by atoms with Crippen molar-refractivity contribution in [2.45, 2.75) is 97.1 Å². The van der Waals surface area contributed by atoms with Crippen LogP contribution in [-0.2, 0) is 23.8 Å². The van der Waals surface area contributed by atoms with Crippen LogP contribution in [0.2, 0.25) is 0 Å². The predicted molar refractivity (Wildman–Crippen MR) is 165 cm³/mol. The minimum Gasteiger partial charge on any atom is -0.452 e. The minimum absolute atomic E-state index is 0.287. The van der Waals surface area contributed by atoms with Gasteiger partial charge in [-0.15, -0.1) is 11.3 Å². The number of anilines is 1. The number of nitrogens with one attached hydrogen (secondary N) is 2. The first kappa shape index (κ1) is 32.1. The summed E-state index contributed by atoms with van der Waals surface area (Å²) in [5.74, 6) is -1.55. The van der Waals surface area contributed by atoms with Crippen LogP contribution in [0.15, 0.2) is 17.4 Å². The molecule has 2 unspecified atom stereocenters. The molecule has 0 spiro atoms. The Hall–Kier alpha value is -2.87. The number of carbonyl (C=O) groups is 2. The van der Waals surface area contributed by atoms with Crippen LogP contribution in [0.25, 0.3) is 20.8 Å². The number of hydrogen-bond acceptors (Lipinski definition) is 12. The van der Waals surface area contributed by atoms with Crippen molar-refractivity contribution in [1.29, 1.82) is 0 Å². The van der Waals surface area contributed by atoms with Crippen molar-refractivity contribution in [3.05, 3.63) is 23.7 Å². The lowest BCUT2D eigenvalue weighted by molar-refractivity contribution is -0.172. The number of nitrogens with zero attached hydrogens (tertiary/aromatic N) is 4. The monoisotopic (exact) mass is 616 g/mol. The maximum absolute atomic E-state index is 13.0. The quantitative estimate of drug-likeness (QED) is 0.203. The second kappa shape index (κ2) is 13.2. The van der Waals surface area contributed by atoms with E-state index in [0.29, 0.717) is 23.9 Å². The van der Waals surface area contributed by atoms with E-state index in [9.17, 15) is 9.59 Å². The molecule has 1 saturated carbocycles. The van der Waals surface area contributed by atoms with Crippen molar-refractivity contribution in [3.63, 3.8) is 0 Å². The smallest absolute Gasteiger partial charge is 0.303 e. The Balaban J connectivity index is 0.00000198. The van der Waals surface area contributed by atoms with E-state index in [1.165, 1.54) is 18.7 Å². The molecule has 0 radical (unpaired) electrons. The van der Waals surface area contributed by atoms with E-state index >= 15 is 0 Å². The molecule has 2 N–H and O–H groups in total. The summed E-state index contributed by atoms with van der Waals surface area (Å²) in [6, 6.07) is 1.67.